The fourth-order valence-corrected chi connectivity index (χ4v) is 5.38. The largest absolute Gasteiger partial charge is 0.369 e. The summed E-state index contributed by atoms with van der Waals surface area (Å²) >= 11 is 6.19. The van der Waals surface area contributed by atoms with E-state index in [1.807, 2.05) is 24.3 Å². The molecule has 162 valence electrons. The SMILES string of the molecule is CS(=O)(=O)Nc1cccc(C(C(N)=O)C2CCC(CN)(c3cccc(Cl)c3)CC2)c1. The summed E-state index contributed by atoms with van der Waals surface area (Å²) in [6.07, 6.45) is 4.34. The van der Waals surface area contributed by atoms with Crippen molar-refractivity contribution in [3.63, 3.8) is 0 Å². The van der Waals surface area contributed by atoms with Gasteiger partial charge in [-0.05, 0) is 67.0 Å². The summed E-state index contributed by atoms with van der Waals surface area (Å²) < 4.78 is 25.6. The van der Waals surface area contributed by atoms with Crippen molar-refractivity contribution >= 4 is 33.2 Å². The van der Waals surface area contributed by atoms with Crippen LogP contribution in [-0.2, 0) is 20.2 Å². The Hall–Kier alpha value is -2.09. The lowest BCUT2D eigenvalue weighted by atomic mass is 9.63. The topological polar surface area (TPSA) is 115 Å². The lowest BCUT2D eigenvalue weighted by molar-refractivity contribution is -0.121. The van der Waals surface area contributed by atoms with E-state index >= 15 is 0 Å². The number of hydrogen-bond donors (Lipinski definition) is 3. The molecule has 1 amide bonds. The smallest absolute Gasteiger partial charge is 0.229 e. The third-order valence-electron chi connectivity index (χ3n) is 6.14. The number of nitrogens with one attached hydrogen (secondary N) is 1. The zero-order chi connectivity index (χ0) is 21.9. The predicted octanol–water partition coefficient (Wildman–Crippen LogP) is 3.37. The molecule has 2 aromatic carbocycles. The first-order chi connectivity index (χ1) is 14.1. The average molecular weight is 450 g/mol. The summed E-state index contributed by atoms with van der Waals surface area (Å²) in [5.41, 5.74) is 14.1. The van der Waals surface area contributed by atoms with E-state index in [0.717, 1.165) is 43.1 Å². The minimum Gasteiger partial charge on any atom is -0.369 e. The Kier molecular flexibility index (Phi) is 6.75. The molecular formula is C22H28ClN3O3S. The number of rotatable bonds is 7. The highest BCUT2D eigenvalue weighted by molar-refractivity contribution is 7.92. The van der Waals surface area contributed by atoms with Gasteiger partial charge in [-0.2, -0.15) is 0 Å². The molecule has 30 heavy (non-hydrogen) atoms. The fourth-order valence-electron chi connectivity index (χ4n) is 4.63. The van der Waals surface area contributed by atoms with Crippen LogP contribution in [0.25, 0.3) is 0 Å². The molecule has 3 rings (SSSR count). The summed E-state index contributed by atoms with van der Waals surface area (Å²) in [7, 11) is -3.41. The van der Waals surface area contributed by atoms with Crippen LogP contribution in [0.15, 0.2) is 48.5 Å². The number of nitrogens with two attached hydrogens (primary N) is 2. The van der Waals surface area contributed by atoms with E-state index in [1.165, 1.54) is 0 Å². The van der Waals surface area contributed by atoms with Gasteiger partial charge in [-0.25, -0.2) is 8.42 Å². The van der Waals surface area contributed by atoms with Crippen LogP contribution in [0.3, 0.4) is 0 Å². The van der Waals surface area contributed by atoms with Crippen molar-refractivity contribution < 1.29 is 13.2 Å². The average Bonchev–Trinajstić information content (AvgIpc) is 2.67. The number of amides is 1. The van der Waals surface area contributed by atoms with Crippen molar-refractivity contribution in [1.29, 1.82) is 0 Å². The highest BCUT2D eigenvalue weighted by Crippen LogP contribution is 2.46. The van der Waals surface area contributed by atoms with E-state index in [9.17, 15) is 13.2 Å². The van der Waals surface area contributed by atoms with Gasteiger partial charge in [0.25, 0.3) is 0 Å². The third kappa shape index (κ3) is 5.14. The summed E-state index contributed by atoms with van der Waals surface area (Å²) in [5, 5.41) is 0.688. The van der Waals surface area contributed by atoms with Crippen molar-refractivity contribution in [2.24, 2.45) is 17.4 Å². The Labute approximate surface area is 183 Å². The second kappa shape index (κ2) is 8.96. The summed E-state index contributed by atoms with van der Waals surface area (Å²) in [4.78, 5) is 12.4. The molecule has 1 atom stereocenters. The zero-order valence-corrected chi connectivity index (χ0v) is 18.5. The number of carbonyl (C=O) groups excluding carboxylic acids is 1. The molecule has 5 N–H and O–H groups in total. The van der Waals surface area contributed by atoms with Crippen LogP contribution in [-0.4, -0.2) is 27.1 Å². The van der Waals surface area contributed by atoms with Crippen LogP contribution >= 0.6 is 11.6 Å². The van der Waals surface area contributed by atoms with Gasteiger partial charge in [-0.1, -0.05) is 35.9 Å². The molecule has 8 heteroatoms. The third-order valence-corrected chi connectivity index (χ3v) is 6.98. The van der Waals surface area contributed by atoms with E-state index in [0.29, 0.717) is 17.3 Å². The number of anilines is 1. The van der Waals surface area contributed by atoms with Crippen LogP contribution in [0.5, 0.6) is 0 Å². The fraction of sp³-hybridized carbons (Fsp3) is 0.409. The van der Waals surface area contributed by atoms with Gasteiger partial charge in [-0.3, -0.25) is 9.52 Å². The Morgan fingerprint density at radius 2 is 1.87 bits per heavy atom. The molecule has 1 aliphatic carbocycles. The molecule has 6 nitrogen and oxygen atoms in total. The minimum absolute atomic E-state index is 0.0647. The van der Waals surface area contributed by atoms with Gasteiger partial charge in [0.05, 0.1) is 12.2 Å². The van der Waals surface area contributed by atoms with E-state index in [2.05, 4.69) is 10.8 Å². The minimum atomic E-state index is -3.41. The van der Waals surface area contributed by atoms with Crippen molar-refractivity contribution in [3.05, 3.63) is 64.7 Å². The maximum Gasteiger partial charge on any atom is 0.229 e. The highest BCUT2D eigenvalue weighted by Gasteiger charge is 2.40. The van der Waals surface area contributed by atoms with Gasteiger partial charge in [0.1, 0.15) is 0 Å². The molecule has 2 aromatic rings. The molecule has 1 fully saturated rings. The van der Waals surface area contributed by atoms with E-state index in [4.69, 9.17) is 23.1 Å². The second-order valence-electron chi connectivity index (χ2n) is 8.21. The van der Waals surface area contributed by atoms with Crippen molar-refractivity contribution in [3.8, 4) is 0 Å². The molecule has 0 bridgehead atoms. The number of hydrogen-bond acceptors (Lipinski definition) is 4. The Morgan fingerprint density at radius 1 is 1.20 bits per heavy atom. The molecule has 0 aromatic heterocycles. The van der Waals surface area contributed by atoms with Crippen molar-refractivity contribution in [2.75, 3.05) is 17.5 Å². The number of benzene rings is 2. The van der Waals surface area contributed by atoms with Crippen LogP contribution in [0.2, 0.25) is 5.02 Å². The zero-order valence-electron chi connectivity index (χ0n) is 17.0. The molecular weight excluding hydrogens is 422 g/mol. The van der Waals surface area contributed by atoms with Crippen LogP contribution in [0, 0.1) is 5.92 Å². The van der Waals surface area contributed by atoms with E-state index < -0.39 is 21.8 Å². The van der Waals surface area contributed by atoms with Gasteiger partial charge in [-0.15, -0.1) is 0 Å². The quantitative estimate of drug-likeness (QED) is 0.600. The van der Waals surface area contributed by atoms with Crippen molar-refractivity contribution in [1.82, 2.24) is 0 Å². The summed E-state index contributed by atoms with van der Waals surface area (Å²) in [5.74, 6) is -0.823. The first-order valence-electron chi connectivity index (χ1n) is 9.97. The monoisotopic (exact) mass is 449 g/mol. The molecule has 0 radical (unpaired) electrons. The summed E-state index contributed by atoms with van der Waals surface area (Å²) in [6, 6.07) is 14.7. The van der Waals surface area contributed by atoms with Gasteiger partial charge in [0.15, 0.2) is 0 Å². The molecule has 1 saturated carbocycles. The summed E-state index contributed by atoms with van der Waals surface area (Å²) in [6.45, 7) is 0.509. The Balaban J connectivity index is 1.83. The molecule has 0 saturated heterocycles. The highest BCUT2D eigenvalue weighted by atomic mass is 35.5. The van der Waals surface area contributed by atoms with Gasteiger partial charge in [0.2, 0.25) is 15.9 Å². The lowest BCUT2D eigenvalue weighted by Crippen LogP contribution is -2.41. The molecule has 0 heterocycles. The first-order valence-corrected chi connectivity index (χ1v) is 12.2. The number of primary amides is 1. The van der Waals surface area contributed by atoms with Crippen LogP contribution in [0.1, 0.15) is 42.7 Å². The maximum atomic E-state index is 12.4. The maximum absolute atomic E-state index is 12.4. The van der Waals surface area contributed by atoms with Gasteiger partial charge >= 0.3 is 0 Å². The molecule has 1 aliphatic rings. The Morgan fingerprint density at radius 3 is 2.43 bits per heavy atom. The van der Waals surface area contributed by atoms with E-state index in [-0.39, 0.29) is 11.3 Å². The van der Waals surface area contributed by atoms with Crippen molar-refractivity contribution in [2.45, 2.75) is 37.0 Å². The van der Waals surface area contributed by atoms with Crippen LogP contribution < -0.4 is 16.2 Å². The van der Waals surface area contributed by atoms with E-state index in [1.54, 1.807) is 18.2 Å². The normalized spacial score (nSPS) is 23.0. The molecule has 0 aliphatic heterocycles. The molecule has 1 unspecified atom stereocenters. The van der Waals surface area contributed by atoms with Gasteiger partial charge < -0.3 is 11.5 Å². The molecule has 0 spiro atoms. The second-order valence-corrected chi connectivity index (χ2v) is 10.4. The number of halogens is 1. The Bertz CT molecular complexity index is 1020. The lowest BCUT2D eigenvalue weighted by Gasteiger charge is -2.42. The van der Waals surface area contributed by atoms with Crippen LogP contribution in [0.4, 0.5) is 5.69 Å². The van der Waals surface area contributed by atoms with Gasteiger partial charge in [0, 0.05) is 22.7 Å². The first kappa shape index (κ1) is 22.6. The number of carbonyl (C=O) groups is 1. The predicted molar refractivity (Wildman–Crippen MR) is 121 cm³/mol. The number of sulfonamides is 1. The standard InChI is InChI=1S/C22H28ClN3O3S/c1-30(28,29)26-19-7-2-4-16(12-19)20(21(25)27)15-8-10-22(14-24,11-9-15)17-5-3-6-18(23)13-17/h2-7,12-13,15,20,26H,8-11,14,24H2,1H3,(H2,25,27).